The van der Waals surface area contributed by atoms with Gasteiger partial charge in [0.05, 0.1) is 21.4 Å². The fraction of sp³-hybridized carbons (Fsp3) is 0.514. The second-order valence-electron chi connectivity index (χ2n) is 13.3. The summed E-state index contributed by atoms with van der Waals surface area (Å²) >= 11 is 13.1. The summed E-state index contributed by atoms with van der Waals surface area (Å²) in [5.74, 6) is 3.95. The largest absolute Gasteiger partial charge is 0.384 e. The molecule has 0 bridgehead atoms. The molecule has 0 spiro atoms. The molecule has 6 rings (SSSR count). The molecule has 254 valence electrons. The Kier molecular flexibility index (Phi) is 11.0. The minimum absolute atomic E-state index is 0.513. The summed E-state index contributed by atoms with van der Waals surface area (Å²) in [6.45, 7) is 14.8. The number of rotatable bonds is 8. The molecule has 2 aromatic carbocycles. The van der Waals surface area contributed by atoms with E-state index in [1.165, 1.54) is 59.3 Å². The van der Waals surface area contributed by atoms with Crippen molar-refractivity contribution < 1.29 is 0 Å². The molecule has 8 nitrogen and oxygen atoms in total. The summed E-state index contributed by atoms with van der Waals surface area (Å²) in [7, 11) is 3.94. The first kappa shape index (κ1) is 35.0. The van der Waals surface area contributed by atoms with Crippen molar-refractivity contribution in [3.8, 4) is 0 Å². The number of hydrogen-bond donors (Lipinski definition) is 2. The summed E-state index contributed by atoms with van der Waals surface area (Å²) in [5, 5.41) is 14.9. The minimum Gasteiger partial charge on any atom is -0.384 e. The Hall–Kier alpha value is -3.36. The van der Waals surface area contributed by atoms with E-state index in [0.29, 0.717) is 6.04 Å². The third-order valence-corrected chi connectivity index (χ3v) is 9.95. The average molecular weight is 680 g/mol. The molecule has 0 aliphatic carbocycles. The Bertz CT molecular complexity index is 1670. The van der Waals surface area contributed by atoms with Crippen LogP contribution in [0.3, 0.4) is 0 Å². The highest BCUT2D eigenvalue weighted by atomic mass is 35.5. The summed E-state index contributed by atoms with van der Waals surface area (Å²) in [6.07, 6.45) is 9.00. The van der Waals surface area contributed by atoms with Gasteiger partial charge in [0.25, 0.3) is 0 Å². The molecule has 0 amide bonds. The molecule has 0 radical (unpaired) electrons. The van der Waals surface area contributed by atoms with E-state index in [1.54, 1.807) is 4.68 Å². The topological polar surface area (TPSA) is 80.2 Å². The number of aromatic nitrogens is 4. The maximum Gasteiger partial charge on any atom is 0.160 e. The van der Waals surface area contributed by atoms with Crippen molar-refractivity contribution in [1.29, 1.82) is 0 Å². The van der Waals surface area contributed by atoms with Gasteiger partial charge in [-0.1, -0.05) is 62.0 Å². The highest BCUT2D eigenvalue weighted by Gasteiger charge is 2.29. The Labute approximate surface area is 291 Å². The molecule has 2 aliphatic rings. The van der Waals surface area contributed by atoms with Gasteiger partial charge in [0.15, 0.2) is 11.6 Å². The van der Waals surface area contributed by atoms with E-state index >= 15 is 0 Å². The first-order chi connectivity index (χ1) is 22.4. The quantitative estimate of drug-likeness (QED) is 0.193. The zero-order valence-corrected chi connectivity index (χ0v) is 31.0. The lowest BCUT2D eigenvalue weighted by atomic mass is 10.0. The lowest BCUT2D eigenvalue weighted by molar-refractivity contribution is 0.578. The van der Waals surface area contributed by atoms with Crippen LogP contribution in [-0.2, 0) is 26.9 Å². The molecule has 4 aromatic rings. The maximum atomic E-state index is 6.66. The Morgan fingerprint density at radius 3 is 1.70 bits per heavy atom. The minimum atomic E-state index is 0.513. The summed E-state index contributed by atoms with van der Waals surface area (Å²) < 4.78 is 3.78. The zero-order chi connectivity index (χ0) is 34.0. The van der Waals surface area contributed by atoms with Crippen LogP contribution in [0.4, 0.5) is 34.6 Å². The first-order valence-corrected chi connectivity index (χ1v) is 17.9. The third-order valence-electron chi connectivity index (χ3n) is 9.38. The van der Waals surface area contributed by atoms with Crippen molar-refractivity contribution in [3.05, 3.63) is 67.7 Å². The van der Waals surface area contributed by atoms with Crippen LogP contribution < -0.4 is 20.9 Å². The Morgan fingerprint density at radius 2 is 1.21 bits per heavy atom. The van der Waals surface area contributed by atoms with E-state index in [4.69, 9.17) is 34.0 Å². The molecule has 0 unspecified atom stereocenters. The van der Waals surface area contributed by atoms with Gasteiger partial charge in [-0.25, -0.2) is 0 Å². The number of benzene rings is 2. The van der Waals surface area contributed by atoms with Crippen LogP contribution in [0.25, 0.3) is 0 Å². The van der Waals surface area contributed by atoms with Crippen LogP contribution in [0.15, 0.2) is 24.3 Å². The predicted molar refractivity (Wildman–Crippen MR) is 201 cm³/mol. The van der Waals surface area contributed by atoms with Gasteiger partial charge in [0.1, 0.15) is 11.6 Å². The monoisotopic (exact) mass is 678 g/mol. The molecule has 10 heteroatoms. The molecule has 0 saturated heterocycles. The summed E-state index contributed by atoms with van der Waals surface area (Å²) in [5.41, 5.74) is 15.5. The van der Waals surface area contributed by atoms with Crippen LogP contribution >= 0.6 is 23.2 Å². The third kappa shape index (κ3) is 7.24. The smallest absolute Gasteiger partial charge is 0.160 e. The summed E-state index contributed by atoms with van der Waals surface area (Å²) in [4.78, 5) is 4.52. The number of hydrogen-bond acceptors (Lipinski definition) is 6. The van der Waals surface area contributed by atoms with Gasteiger partial charge >= 0.3 is 0 Å². The Balaban J connectivity index is 0.000000193. The van der Waals surface area contributed by atoms with Gasteiger partial charge in [-0.2, -0.15) is 10.2 Å². The van der Waals surface area contributed by atoms with Crippen LogP contribution in [0.2, 0.25) is 10.0 Å². The summed E-state index contributed by atoms with van der Waals surface area (Å²) in [6, 6.07) is 8.93. The lowest BCUT2D eigenvalue weighted by Gasteiger charge is -2.30. The number of aryl methyl sites for hydroxylation is 6. The highest BCUT2D eigenvalue weighted by molar-refractivity contribution is 6.34. The zero-order valence-electron chi connectivity index (χ0n) is 29.5. The number of halogens is 2. The van der Waals surface area contributed by atoms with E-state index in [-0.39, 0.29) is 0 Å². The standard InChI is InChI=1S/C22H33ClN4.C15H19ClN4/c1-6-9-17(10-7-2)24-21-18-11-8-12-27(22(18)25-26(21)5)20-16(4)13-15(3)14-19(20)23;1-9-7-10(2)13(12(16)8-9)20-6-4-5-11-14(17)19(3)18-15(11)20/h13-14,17,24H,6-12H2,1-5H3;7-8H,4-6,17H2,1-3H3. The van der Waals surface area contributed by atoms with Crippen molar-refractivity contribution in [2.75, 3.05) is 33.9 Å². The first-order valence-electron chi connectivity index (χ1n) is 17.2. The van der Waals surface area contributed by atoms with Crippen molar-refractivity contribution in [1.82, 2.24) is 19.6 Å². The van der Waals surface area contributed by atoms with E-state index in [0.717, 1.165) is 83.2 Å². The molecule has 47 heavy (non-hydrogen) atoms. The second-order valence-corrected chi connectivity index (χ2v) is 14.2. The Morgan fingerprint density at radius 1 is 0.745 bits per heavy atom. The van der Waals surface area contributed by atoms with E-state index in [1.807, 2.05) is 17.8 Å². The second kappa shape index (κ2) is 14.8. The predicted octanol–water partition coefficient (Wildman–Crippen LogP) is 9.51. The molecule has 0 atom stereocenters. The van der Waals surface area contributed by atoms with Gasteiger partial charge in [-0.15, -0.1) is 0 Å². The van der Waals surface area contributed by atoms with Crippen molar-refractivity contribution in [3.63, 3.8) is 0 Å². The van der Waals surface area contributed by atoms with E-state index in [9.17, 15) is 0 Å². The molecule has 0 fully saturated rings. The molecule has 2 aromatic heterocycles. The number of nitrogens with zero attached hydrogens (tertiary/aromatic N) is 6. The van der Waals surface area contributed by atoms with Crippen LogP contribution in [0.5, 0.6) is 0 Å². The molecular formula is C37H52Cl2N8. The SMILES string of the molecule is CCCC(CCC)Nc1c2c(nn1C)N(c1c(C)cc(C)cc1Cl)CCC2.Cc1cc(C)c(N2CCCc3c2nn(C)c3N)c(Cl)c1. The van der Waals surface area contributed by atoms with Crippen molar-refractivity contribution in [2.24, 2.45) is 14.1 Å². The van der Waals surface area contributed by atoms with E-state index in [2.05, 4.69) is 87.0 Å². The fourth-order valence-corrected chi connectivity index (χ4v) is 8.20. The van der Waals surface area contributed by atoms with Gasteiger partial charge < -0.3 is 20.9 Å². The van der Waals surface area contributed by atoms with Crippen molar-refractivity contribution >= 4 is 57.8 Å². The number of nitrogen functional groups attached to an aromatic ring is 1. The van der Waals surface area contributed by atoms with Crippen LogP contribution in [0, 0.1) is 27.7 Å². The lowest BCUT2D eigenvalue weighted by Crippen LogP contribution is -2.26. The number of fused-ring (bicyclic) bond motifs is 2. The van der Waals surface area contributed by atoms with Gasteiger partial charge in [-0.05, 0) is 101 Å². The van der Waals surface area contributed by atoms with Crippen LogP contribution in [-0.4, -0.2) is 38.7 Å². The molecule has 2 aliphatic heterocycles. The highest BCUT2D eigenvalue weighted by Crippen LogP contribution is 2.42. The van der Waals surface area contributed by atoms with Crippen LogP contribution in [0.1, 0.15) is 85.8 Å². The van der Waals surface area contributed by atoms with Crippen molar-refractivity contribution in [2.45, 2.75) is 99.0 Å². The average Bonchev–Trinajstić information content (AvgIpc) is 3.48. The number of anilines is 6. The molecule has 0 saturated carbocycles. The molecule has 4 heterocycles. The number of nitrogens with one attached hydrogen (secondary N) is 1. The number of nitrogens with two attached hydrogens (primary N) is 1. The normalized spacial score (nSPS) is 14.2. The van der Waals surface area contributed by atoms with E-state index < -0.39 is 0 Å². The molecule has 3 N–H and O–H groups in total. The fourth-order valence-electron chi connectivity index (χ4n) is 7.36. The molecular weight excluding hydrogens is 627 g/mol. The van der Waals surface area contributed by atoms with Gasteiger partial charge in [0.2, 0.25) is 0 Å². The van der Waals surface area contributed by atoms with Gasteiger partial charge in [0, 0.05) is 44.4 Å². The maximum absolute atomic E-state index is 6.66. The van der Waals surface area contributed by atoms with Gasteiger partial charge in [-0.3, -0.25) is 9.36 Å².